The molecule has 0 aliphatic carbocycles. The Morgan fingerprint density at radius 1 is 0.933 bits per heavy atom. The molecule has 150 valence electrons. The number of fused-ring (bicyclic) bond motifs is 1. The first-order chi connectivity index (χ1) is 14.6. The minimum atomic E-state index is -1.00. The summed E-state index contributed by atoms with van der Waals surface area (Å²) in [5, 5.41) is 11.6. The molecule has 0 heterocycles. The van der Waals surface area contributed by atoms with Gasteiger partial charge in [-0.2, -0.15) is 0 Å². The van der Waals surface area contributed by atoms with Crippen molar-refractivity contribution < 1.29 is 19.4 Å². The molecule has 0 spiro atoms. The molecule has 1 N–H and O–H groups in total. The highest BCUT2D eigenvalue weighted by Gasteiger charge is 2.20. The van der Waals surface area contributed by atoms with Crippen LogP contribution in [0.5, 0.6) is 11.5 Å². The van der Waals surface area contributed by atoms with E-state index in [1.807, 2.05) is 72.8 Å². The van der Waals surface area contributed by atoms with E-state index >= 15 is 0 Å². The average molecular weight is 463 g/mol. The molecule has 4 nitrogen and oxygen atoms in total. The third-order valence-electron chi connectivity index (χ3n) is 4.91. The van der Waals surface area contributed by atoms with Gasteiger partial charge in [0, 0.05) is 15.4 Å². The molecular formula is C25H19BrO4. The number of ether oxygens (including phenoxy) is 2. The molecule has 0 amide bonds. The fourth-order valence-corrected chi connectivity index (χ4v) is 3.71. The second-order valence-electron chi connectivity index (χ2n) is 6.80. The largest absolute Gasteiger partial charge is 0.497 e. The van der Waals surface area contributed by atoms with Gasteiger partial charge >= 0.3 is 5.97 Å². The van der Waals surface area contributed by atoms with Crippen molar-refractivity contribution in [3.8, 4) is 22.6 Å². The Balaban J connectivity index is 1.92. The van der Waals surface area contributed by atoms with Crippen LogP contribution >= 0.6 is 15.9 Å². The van der Waals surface area contributed by atoms with E-state index in [9.17, 15) is 9.90 Å². The molecule has 0 radical (unpaired) electrons. The van der Waals surface area contributed by atoms with Crippen LogP contribution in [-0.4, -0.2) is 18.2 Å². The van der Waals surface area contributed by atoms with E-state index in [0.717, 1.165) is 26.4 Å². The van der Waals surface area contributed by atoms with Crippen LogP contribution in [0.15, 0.2) is 83.3 Å². The third kappa shape index (κ3) is 4.02. The van der Waals surface area contributed by atoms with Crippen LogP contribution in [0.3, 0.4) is 0 Å². The maximum Gasteiger partial charge on any atom is 0.336 e. The highest BCUT2D eigenvalue weighted by molar-refractivity contribution is 9.10. The summed E-state index contributed by atoms with van der Waals surface area (Å²) in [4.78, 5) is 12.2. The van der Waals surface area contributed by atoms with Crippen molar-refractivity contribution in [2.75, 3.05) is 7.11 Å². The lowest BCUT2D eigenvalue weighted by Crippen LogP contribution is -2.04. The first-order valence-corrected chi connectivity index (χ1v) is 10.2. The molecule has 0 unspecified atom stereocenters. The normalized spacial score (nSPS) is 10.7. The third-order valence-corrected chi connectivity index (χ3v) is 5.44. The highest BCUT2D eigenvalue weighted by atomic mass is 79.9. The predicted octanol–water partition coefficient (Wildman–Crippen LogP) is 6.56. The Bertz CT molecular complexity index is 1200. The van der Waals surface area contributed by atoms with Gasteiger partial charge in [-0.05, 0) is 52.9 Å². The van der Waals surface area contributed by atoms with Crippen molar-refractivity contribution >= 4 is 32.7 Å². The van der Waals surface area contributed by atoms with Crippen molar-refractivity contribution in [1.29, 1.82) is 0 Å². The second-order valence-corrected chi connectivity index (χ2v) is 7.71. The highest BCUT2D eigenvalue weighted by Crippen LogP contribution is 2.40. The van der Waals surface area contributed by atoms with E-state index in [-0.39, 0.29) is 5.56 Å². The first-order valence-electron chi connectivity index (χ1n) is 9.37. The summed E-state index contributed by atoms with van der Waals surface area (Å²) in [6.07, 6.45) is 0. The van der Waals surface area contributed by atoms with Gasteiger partial charge in [0.2, 0.25) is 0 Å². The summed E-state index contributed by atoms with van der Waals surface area (Å²) in [5.41, 5.74) is 2.67. The van der Waals surface area contributed by atoms with Crippen LogP contribution < -0.4 is 9.47 Å². The zero-order valence-electron chi connectivity index (χ0n) is 16.3. The SMILES string of the molecule is COc1ccc2c(-c3ccc(Br)cc3)c(C(=O)O)cc(OCc3ccccc3)c2c1. The molecule has 4 aromatic carbocycles. The number of aromatic carboxylic acids is 1. The molecule has 0 saturated carbocycles. The minimum absolute atomic E-state index is 0.193. The van der Waals surface area contributed by atoms with Gasteiger partial charge < -0.3 is 14.6 Å². The molecule has 5 heteroatoms. The van der Waals surface area contributed by atoms with Gasteiger partial charge in [-0.1, -0.05) is 58.4 Å². The average Bonchev–Trinajstić information content (AvgIpc) is 2.78. The van der Waals surface area contributed by atoms with Crippen LogP contribution in [0.2, 0.25) is 0 Å². The van der Waals surface area contributed by atoms with Crippen molar-refractivity contribution in [2.24, 2.45) is 0 Å². The molecule has 4 rings (SSSR count). The van der Waals surface area contributed by atoms with E-state index < -0.39 is 5.97 Å². The lowest BCUT2D eigenvalue weighted by atomic mass is 9.92. The number of rotatable bonds is 6. The van der Waals surface area contributed by atoms with Crippen molar-refractivity contribution in [1.82, 2.24) is 0 Å². The van der Waals surface area contributed by atoms with E-state index in [4.69, 9.17) is 9.47 Å². The predicted molar refractivity (Wildman–Crippen MR) is 121 cm³/mol. The molecule has 0 aromatic heterocycles. The zero-order valence-corrected chi connectivity index (χ0v) is 17.8. The number of carboxylic acid groups (broad SMARTS) is 1. The summed E-state index contributed by atoms with van der Waals surface area (Å²) in [6, 6.07) is 24.6. The summed E-state index contributed by atoms with van der Waals surface area (Å²) < 4.78 is 12.4. The van der Waals surface area contributed by atoms with Gasteiger partial charge in [0.1, 0.15) is 18.1 Å². The Hall–Kier alpha value is -3.31. The van der Waals surface area contributed by atoms with Crippen molar-refractivity contribution in [2.45, 2.75) is 6.61 Å². The number of carbonyl (C=O) groups is 1. The molecule has 0 bridgehead atoms. The zero-order chi connectivity index (χ0) is 21.1. The number of hydrogen-bond acceptors (Lipinski definition) is 3. The van der Waals surface area contributed by atoms with Crippen LogP contribution in [0.1, 0.15) is 15.9 Å². The second kappa shape index (κ2) is 8.59. The van der Waals surface area contributed by atoms with Crippen LogP contribution in [0.4, 0.5) is 0 Å². The van der Waals surface area contributed by atoms with Gasteiger partial charge in [-0.3, -0.25) is 0 Å². The van der Waals surface area contributed by atoms with E-state index in [0.29, 0.717) is 23.7 Å². The fourth-order valence-electron chi connectivity index (χ4n) is 3.45. The summed E-state index contributed by atoms with van der Waals surface area (Å²) in [7, 11) is 1.60. The van der Waals surface area contributed by atoms with Crippen LogP contribution in [0, 0.1) is 0 Å². The number of halogens is 1. The number of methoxy groups -OCH3 is 1. The maximum atomic E-state index is 12.2. The van der Waals surface area contributed by atoms with Gasteiger partial charge in [-0.15, -0.1) is 0 Å². The van der Waals surface area contributed by atoms with Gasteiger partial charge in [0.15, 0.2) is 0 Å². The lowest BCUT2D eigenvalue weighted by molar-refractivity contribution is 0.0697. The Labute approximate surface area is 182 Å². The lowest BCUT2D eigenvalue weighted by Gasteiger charge is -2.17. The maximum absolute atomic E-state index is 12.2. The Morgan fingerprint density at radius 2 is 1.67 bits per heavy atom. The molecule has 4 aromatic rings. The number of carboxylic acids is 1. The smallest absolute Gasteiger partial charge is 0.336 e. The Morgan fingerprint density at radius 3 is 2.33 bits per heavy atom. The number of hydrogen-bond donors (Lipinski definition) is 1. The molecule has 0 fully saturated rings. The van der Waals surface area contributed by atoms with Crippen LogP contribution in [0.25, 0.3) is 21.9 Å². The van der Waals surface area contributed by atoms with Gasteiger partial charge in [0.25, 0.3) is 0 Å². The van der Waals surface area contributed by atoms with E-state index in [1.165, 1.54) is 0 Å². The van der Waals surface area contributed by atoms with E-state index in [1.54, 1.807) is 13.2 Å². The summed E-state index contributed by atoms with van der Waals surface area (Å²) >= 11 is 3.44. The molecule has 0 aliphatic rings. The van der Waals surface area contributed by atoms with Crippen LogP contribution in [-0.2, 0) is 6.61 Å². The van der Waals surface area contributed by atoms with Crippen molar-refractivity contribution in [3.05, 3.63) is 94.5 Å². The summed E-state index contributed by atoms with van der Waals surface area (Å²) in [5.74, 6) is 0.179. The standard InChI is InChI=1S/C25H19BrO4/c1-29-19-11-12-20-21(13-19)23(30-15-16-5-3-2-4-6-16)14-22(25(27)28)24(20)17-7-9-18(26)10-8-17/h2-14H,15H2,1H3,(H,27,28). The van der Waals surface area contributed by atoms with Gasteiger partial charge in [-0.25, -0.2) is 4.79 Å². The van der Waals surface area contributed by atoms with E-state index in [2.05, 4.69) is 15.9 Å². The molecular weight excluding hydrogens is 444 g/mol. The molecule has 0 atom stereocenters. The summed E-state index contributed by atoms with van der Waals surface area (Å²) in [6.45, 7) is 0.337. The quantitative estimate of drug-likeness (QED) is 0.352. The Kier molecular flexibility index (Phi) is 5.72. The minimum Gasteiger partial charge on any atom is -0.497 e. The van der Waals surface area contributed by atoms with Crippen molar-refractivity contribution in [3.63, 3.8) is 0 Å². The fraction of sp³-hybridized carbons (Fsp3) is 0.0800. The number of benzene rings is 4. The monoisotopic (exact) mass is 462 g/mol. The molecule has 0 aliphatic heterocycles. The molecule has 0 saturated heterocycles. The topological polar surface area (TPSA) is 55.8 Å². The molecule has 30 heavy (non-hydrogen) atoms. The first kappa shape index (κ1) is 20.0. The van der Waals surface area contributed by atoms with Gasteiger partial charge in [0.05, 0.1) is 12.7 Å².